The summed E-state index contributed by atoms with van der Waals surface area (Å²) in [6, 6.07) is 8.62. The number of phenols is 1. The van der Waals surface area contributed by atoms with Crippen molar-refractivity contribution < 1.29 is 5.11 Å². The number of rotatable bonds is 1. The molecular formula is C18H17NOS. The molecule has 1 aromatic heterocycles. The van der Waals surface area contributed by atoms with E-state index >= 15 is 0 Å². The molecule has 3 heteroatoms. The topological polar surface area (TPSA) is 33.1 Å². The summed E-state index contributed by atoms with van der Waals surface area (Å²) in [5.74, 6) is 0.388. The Morgan fingerprint density at radius 2 is 1.67 bits per heavy atom. The summed E-state index contributed by atoms with van der Waals surface area (Å²) >= 11 is 1.75. The lowest BCUT2D eigenvalue weighted by atomic mass is 10.1. The van der Waals surface area contributed by atoms with Crippen molar-refractivity contribution in [1.29, 1.82) is 0 Å². The summed E-state index contributed by atoms with van der Waals surface area (Å²) in [6.07, 6.45) is 3.67. The van der Waals surface area contributed by atoms with E-state index < -0.39 is 0 Å². The van der Waals surface area contributed by atoms with Crippen LogP contribution >= 0.6 is 11.3 Å². The number of fused-ring (bicyclic) bond motifs is 2. The van der Waals surface area contributed by atoms with Crippen molar-refractivity contribution in [2.75, 3.05) is 0 Å². The molecule has 106 valence electrons. The Labute approximate surface area is 128 Å². The van der Waals surface area contributed by atoms with Crippen LogP contribution in [0.5, 0.6) is 5.75 Å². The van der Waals surface area contributed by atoms with Crippen LogP contribution in [0.25, 0.3) is 20.8 Å². The SMILES string of the molecule is Cc1cc(-c2nc3cc4c(cc3s2)CCC4)cc(C)c1O. The van der Waals surface area contributed by atoms with Gasteiger partial charge in [-0.3, -0.25) is 0 Å². The highest BCUT2D eigenvalue weighted by atomic mass is 32.1. The van der Waals surface area contributed by atoms with Gasteiger partial charge in [0.25, 0.3) is 0 Å². The van der Waals surface area contributed by atoms with Crippen molar-refractivity contribution in [1.82, 2.24) is 4.98 Å². The highest BCUT2D eigenvalue weighted by Gasteiger charge is 2.15. The lowest BCUT2D eigenvalue weighted by Crippen LogP contribution is -1.84. The summed E-state index contributed by atoms with van der Waals surface area (Å²) in [4.78, 5) is 4.81. The highest BCUT2D eigenvalue weighted by molar-refractivity contribution is 7.21. The van der Waals surface area contributed by atoms with Crippen molar-refractivity contribution in [3.8, 4) is 16.3 Å². The molecule has 1 heterocycles. The molecule has 0 atom stereocenters. The van der Waals surface area contributed by atoms with Gasteiger partial charge in [0, 0.05) is 5.56 Å². The molecule has 21 heavy (non-hydrogen) atoms. The molecule has 1 aliphatic rings. The normalized spacial score (nSPS) is 13.8. The molecule has 1 aliphatic carbocycles. The molecule has 0 amide bonds. The maximum atomic E-state index is 9.91. The van der Waals surface area contributed by atoms with Gasteiger partial charge in [0.1, 0.15) is 10.8 Å². The first kappa shape index (κ1) is 12.8. The van der Waals surface area contributed by atoms with Gasteiger partial charge in [0.15, 0.2) is 0 Å². The number of hydrogen-bond acceptors (Lipinski definition) is 3. The number of nitrogens with zero attached hydrogens (tertiary/aromatic N) is 1. The second kappa shape index (κ2) is 4.57. The molecule has 3 aromatic rings. The lowest BCUT2D eigenvalue weighted by molar-refractivity contribution is 0.467. The molecular weight excluding hydrogens is 278 g/mol. The second-order valence-electron chi connectivity index (χ2n) is 5.92. The quantitative estimate of drug-likeness (QED) is 0.701. The molecule has 0 bridgehead atoms. The Bertz CT molecular complexity index is 799. The summed E-state index contributed by atoms with van der Waals surface area (Å²) in [7, 11) is 0. The van der Waals surface area contributed by atoms with E-state index in [1.54, 1.807) is 11.3 Å². The Hall–Kier alpha value is -1.87. The fourth-order valence-corrected chi connectivity index (χ4v) is 4.20. The molecule has 2 aromatic carbocycles. The van der Waals surface area contributed by atoms with Gasteiger partial charge in [-0.25, -0.2) is 4.98 Å². The third-order valence-electron chi connectivity index (χ3n) is 4.34. The molecule has 0 radical (unpaired) electrons. The minimum atomic E-state index is 0.388. The monoisotopic (exact) mass is 295 g/mol. The van der Waals surface area contributed by atoms with Crippen LogP contribution in [-0.2, 0) is 12.8 Å². The Balaban J connectivity index is 1.88. The van der Waals surface area contributed by atoms with Crippen LogP contribution in [0, 0.1) is 13.8 Å². The van der Waals surface area contributed by atoms with E-state index in [9.17, 15) is 5.11 Å². The van der Waals surface area contributed by atoms with Gasteiger partial charge in [-0.2, -0.15) is 0 Å². The van der Waals surface area contributed by atoms with Crippen LogP contribution < -0.4 is 0 Å². The van der Waals surface area contributed by atoms with Crippen LogP contribution in [0.1, 0.15) is 28.7 Å². The largest absolute Gasteiger partial charge is 0.507 e. The third kappa shape index (κ3) is 2.04. The standard InChI is InChI=1S/C18H17NOS/c1-10-6-14(7-11(2)17(10)20)18-19-15-8-12-4-3-5-13(12)9-16(15)21-18/h6-9,20H,3-5H2,1-2H3. The van der Waals surface area contributed by atoms with E-state index in [1.807, 2.05) is 26.0 Å². The van der Waals surface area contributed by atoms with Crippen molar-refractivity contribution in [2.45, 2.75) is 33.1 Å². The first-order valence-corrected chi connectivity index (χ1v) is 8.16. The number of hydrogen-bond donors (Lipinski definition) is 1. The molecule has 0 unspecified atom stereocenters. The smallest absolute Gasteiger partial charge is 0.124 e. The van der Waals surface area contributed by atoms with Gasteiger partial charge in [-0.1, -0.05) is 0 Å². The number of aromatic nitrogens is 1. The van der Waals surface area contributed by atoms with E-state index in [4.69, 9.17) is 4.98 Å². The molecule has 0 saturated heterocycles. The minimum absolute atomic E-state index is 0.388. The minimum Gasteiger partial charge on any atom is -0.507 e. The zero-order chi connectivity index (χ0) is 14.6. The first-order valence-electron chi connectivity index (χ1n) is 7.35. The average Bonchev–Trinajstić information content (AvgIpc) is 3.06. The summed E-state index contributed by atoms with van der Waals surface area (Å²) in [5.41, 5.74) is 7.00. The third-order valence-corrected chi connectivity index (χ3v) is 5.41. The number of benzene rings is 2. The Kier molecular flexibility index (Phi) is 2.79. The van der Waals surface area contributed by atoms with Crippen LogP contribution in [0.3, 0.4) is 0 Å². The van der Waals surface area contributed by atoms with Gasteiger partial charge < -0.3 is 5.11 Å². The lowest BCUT2D eigenvalue weighted by Gasteiger charge is -2.05. The predicted octanol–water partition coefficient (Wildman–Crippen LogP) is 4.77. The van der Waals surface area contributed by atoms with E-state index in [0.29, 0.717) is 5.75 Å². The summed E-state index contributed by atoms with van der Waals surface area (Å²) in [5, 5.41) is 11.0. The maximum Gasteiger partial charge on any atom is 0.124 e. The molecule has 0 aliphatic heterocycles. The molecule has 0 fully saturated rings. The van der Waals surface area contributed by atoms with Crippen molar-refractivity contribution in [3.05, 3.63) is 46.5 Å². The fraction of sp³-hybridized carbons (Fsp3) is 0.278. The molecule has 1 N–H and O–H groups in total. The predicted molar refractivity (Wildman–Crippen MR) is 88.2 cm³/mol. The van der Waals surface area contributed by atoms with Gasteiger partial charge >= 0.3 is 0 Å². The van der Waals surface area contributed by atoms with Crippen molar-refractivity contribution in [2.24, 2.45) is 0 Å². The van der Waals surface area contributed by atoms with Crippen LogP contribution in [-0.4, -0.2) is 10.1 Å². The van der Waals surface area contributed by atoms with Crippen molar-refractivity contribution in [3.63, 3.8) is 0 Å². The Morgan fingerprint density at radius 3 is 2.38 bits per heavy atom. The number of aromatic hydroxyl groups is 1. The van der Waals surface area contributed by atoms with Gasteiger partial charge in [0.05, 0.1) is 10.2 Å². The van der Waals surface area contributed by atoms with Crippen molar-refractivity contribution >= 4 is 21.6 Å². The van der Waals surface area contributed by atoms with E-state index in [0.717, 1.165) is 27.2 Å². The van der Waals surface area contributed by atoms with Crippen LogP contribution in [0.15, 0.2) is 24.3 Å². The zero-order valence-electron chi connectivity index (χ0n) is 12.2. The number of thiazole rings is 1. The van der Waals surface area contributed by atoms with E-state index in [2.05, 4.69) is 12.1 Å². The van der Waals surface area contributed by atoms with Crippen LogP contribution in [0.4, 0.5) is 0 Å². The zero-order valence-corrected chi connectivity index (χ0v) is 13.0. The van der Waals surface area contributed by atoms with Crippen LogP contribution in [0.2, 0.25) is 0 Å². The Morgan fingerprint density at radius 1 is 1.00 bits per heavy atom. The second-order valence-corrected chi connectivity index (χ2v) is 6.95. The van der Waals surface area contributed by atoms with E-state index in [1.165, 1.54) is 35.1 Å². The van der Waals surface area contributed by atoms with Gasteiger partial charge in [-0.15, -0.1) is 11.3 Å². The molecule has 4 rings (SSSR count). The van der Waals surface area contributed by atoms with Gasteiger partial charge in [-0.05, 0) is 79.6 Å². The van der Waals surface area contributed by atoms with Gasteiger partial charge in [0.2, 0.25) is 0 Å². The highest BCUT2D eigenvalue weighted by Crippen LogP contribution is 2.36. The molecule has 2 nitrogen and oxygen atoms in total. The summed E-state index contributed by atoms with van der Waals surface area (Å²) < 4.78 is 1.27. The first-order chi connectivity index (χ1) is 10.1. The van der Waals surface area contributed by atoms with E-state index in [-0.39, 0.29) is 0 Å². The molecule has 0 spiro atoms. The number of phenolic OH excluding ortho intramolecular Hbond substituents is 1. The fourth-order valence-electron chi connectivity index (χ4n) is 3.20. The summed E-state index contributed by atoms with van der Waals surface area (Å²) in [6.45, 7) is 3.88. The molecule has 0 saturated carbocycles. The average molecular weight is 295 g/mol. The number of aryl methyl sites for hydroxylation is 4. The maximum absolute atomic E-state index is 9.91.